The Hall–Kier alpha value is -1.94. The zero-order valence-corrected chi connectivity index (χ0v) is 15.9. The summed E-state index contributed by atoms with van der Waals surface area (Å²) in [6.07, 6.45) is 1.49. The number of benzene rings is 2. The number of ether oxygens (including phenoxy) is 1. The molecular formula is C21H25NO2S. The maximum absolute atomic E-state index is 12.5. The lowest BCUT2D eigenvalue weighted by Crippen LogP contribution is -2.38. The molecule has 25 heavy (non-hydrogen) atoms. The van der Waals surface area contributed by atoms with E-state index in [1.165, 1.54) is 22.3 Å². The summed E-state index contributed by atoms with van der Waals surface area (Å²) < 4.78 is 5.21. The molecule has 3 rings (SSSR count). The van der Waals surface area contributed by atoms with Crippen molar-refractivity contribution in [3.63, 3.8) is 0 Å². The Morgan fingerprint density at radius 1 is 1.12 bits per heavy atom. The third-order valence-electron chi connectivity index (χ3n) is 4.81. The highest BCUT2D eigenvalue weighted by molar-refractivity contribution is 7.99. The van der Waals surface area contributed by atoms with Crippen molar-refractivity contribution in [1.29, 1.82) is 0 Å². The van der Waals surface area contributed by atoms with Gasteiger partial charge in [-0.25, -0.2) is 0 Å². The number of thioether (sulfide) groups is 1. The fraction of sp³-hybridized carbons (Fsp3) is 0.381. The summed E-state index contributed by atoms with van der Waals surface area (Å²) in [5.74, 6) is 2.02. The van der Waals surface area contributed by atoms with Crippen LogP contribution in [-0.2, 0) is 11.2 Å². The molecule has 3 nitrogen and oxygen atoms in total. The van der Waals surface area contributed by atoms with Gasteiger partial charge in [-0.05, 0) is 54.7 Å². The number of carbonyl (C=O) groups excluding carboxylic acids is 1. The van der Waals surface area contributed by atoms with Crippen molar-refractivity contribution in [3.8, 4) is 5.75 Å². The molecule has 2 aromatic carbocycles. The smallest absolute Gasteiger partial charge is 0.224 e. The quantitative estimate of drug-likeness (QED) is 0.790. The van der Waals surface area contributed by atoms with Gasteiger partial charge in [0.15, 0.2) is 0 Å². The third-order valence-corrected chi connectivity index (χ3v) is 6.09. The van der Waals surface area contributed by atoms with Crippen molar-refractivity contribution in [2.24, 2.45) is 0 Å². The Bertz CT molecular complexity index is 742. The molecule has 1 amide bonds. The second-order valence-corrected chi connectivity index (χ2v) is 7.69. The highest BCUT2D eigenvalue weighted by Gasteiger charge is 2.29. The molecule has 0 bridgehead atoms. The van der Waals surface area contributed by atoms with E-state index in [1.54, 1.807) is 7.11 Å². The van der Waals surface area contributed by atoms with Gasteiger partial charge >= 0.3 is 0 Å². The van der Waals surface area contributed by atoms with Gasteiger partial charge in [0.25, 0.3) is 0 Å². The van der Waals surface area contributed by atoms with Gasteiger partial charge in [0.05, 0.1) is 7.11 Å². The molecular weight excluding hydrogens is 330 g/mol. The number of rotatable bonds is 5. The minimum absolute atomic E-state index is 0.124. The van der Waals surface area contributed by atoms with Crippen LogP contribution < -0.4 is 4.74 Å². The van der Waals surface area contributed by atoms with Crippen LogP contribution in [0, 0.1) is 13.8 Å². The van der Waals surface area contributed by atoms with E-state index in [9.17, 15) is 4.79 Å². The predicted octanol–water partition coefficient (Wildman–Crippen LogP) is 4.52. The average Bonchev–Trinajstić information content (AvgIpc) is 2.63. The topological polar surface area (TPSA) is 29.5 Å². The SMILES string of the molecule is COc1ccc(CCN2C(=O)CCSC2c2ccc(C)c(C)c2)cc1. The standard InChI is InChI=1S/C21H25NO2S/c1-15-4-7-18(14-16(15)2)21-22(20(23)11-13-25-21)12-10-17-5-8-19(24-3)9-6-17/h4-9,14,21H,10-13H2,1-3H3. The highest BCUT2D eigenvalue weighted by atomic mass is 32.2. The summed E-state index contributed by atoms with van der Waals surface area (Å²) in [4.78, 5) is 14.6. The van der Waals surface area contributed by atoms with E-state index in [2.05, 4.69) is 44.2 Å². The maximum atomic E-state index is 12.5. The fourth-order valence-electron chi connectivity index (χ4n) is 3.10. The Labute approximate surface area is 154 Å². The van der Waals surface area contributed by atoms with Crippen molar-refractivity contribution < 1.29 is 9.53 Å². The first-order valence-corrected chi connectivity index (χ1v) is 9.74. The van der Waals surface area contributed by atoms with Crippen LogP contribution in [0.15, 0.2) is 42.5 Å². The van der Waals surface area contributed by atoms with E-state index in [-0.39, 0.29) is 11.3 Å². The second-order valence-electron chi connectivity index (χ2n) is 6.50. The van der Waals surface area contributed by atoms with Crippen molar-refractivity contribution in [2.45, 2.75) is 32.1 Å². The molecule has 1 aliphatic heterocycles. The lowest BCUT2D eigenvalue weighted by atomic mass is 10.1. The van der Waals surface area contributed by atoms with Gasteiger partial charge in [-0.15, -0.1) is 11.8 Å². The van der Waals surface area contributed by atoms with Gasteiger partial charge in [-0.2, -0.15) is 0 Å². The van der Waals surface area contributed by atoms with Crippen LogP contribution in [0.2, 0.25) is 0 Å². The molecule has 4 heteroatoms. The molecule has 0 aromatic heterocycles. The number of nitrogens with zero attached hydrogens (tertiary/aromatic N) is 1. The van der Waals surface area contributed by atoms with Crippen LogP contribution in [0.5, 0.6) is 5.75 Å². The minimum Gasteiger partial charge on any atom is -0.497 e. The molecule has 0 spiro atoms. The molecule has 0 N–H and O–H groups in total. The van der Waals surface area contributed by atoms with E-state index < -0.39 is 0 Å². The van der Waals surface area contributed by atoms with E-state index in [0.717, 1.165) is 24.5 Å². The lowest BCUT2D eigenvalue weighted by molar-refractivity contribution is -0.132. The van der Waals surface area contributed by atoms with Crippen molar-refractivity contribution in [2.75, 3.05) is 19.4 Å². The molecule has 0 aliphatic carbocycles. The molecule has 1 atom stereocenters. The first-order chi connectivity index (χ1) is 12.1. The largest absolute Gasteiger partial charge is 0.497 e. The Morgan fingerprint density at radius 2 is 1.88 bits per heavy atom. The zero-order valence-electron chi connectivity index (χ0n) is 15.1. The number of carbonyl (C=O) groups is 1. The van der Waals surface area contributed by atoms with Gasteiger partial charge in [0.1, 0.15) is 11.1 Å². The zero-order chi connectivity index (χ0) is 17.8. The number of hydrogen-bond acceptors (Lipinski definition) is 3. The monoisotopic (exact) mass is 355 g/mol. The van der Waals surface area contributed by atoms with Crippen molar-refractivity contribution in [1.82, 2.24) is 4.90 Å². The van der Waals surface area contributed by atoms with Crippen LogP contribution >= 0.6 is 11.8 Å². The molecule has 1 heterocycles. The third kappa shape index (κ3) is 4.18. The van der Waals surface area contributed by atoms with Crippen LogP contribution in [0.4, 0.5) is 0 Å². The van der Waals surface area contributed by atoms with Gasteiger partial charge in [-0.3, -0.25) is 4.79 Å². The fourth-order valence-corrected chi connectivity index (χ4v) is 4.36. The van der Waals surface area contributed by atoms with Crippen LogP contribution in [-0.4, -0.2) is 30.2 Å². The Kier molecular flexibility index (Phi) is 5.69. The molecule has 1 unspecified atom stereocenters. The molecule has 0 radical (unpaired) electrons. The summed E-state index contributed by atoms with van der Waals surface area (Å²) in [5.41, 5.74) is 5.03. The van der Waals surface area contributed by atoms with Gasteiger partial charge in [0.2, 0.25) is 5.91 Å². The van der Waals surface area contributed by atoms with Crippen LogP contribution in [0.1, 0.15) is 34.0 Å². The second kappa shape index (κ2) is 7.96. The summed E-state index contributed by atoms with van der Waals surface area (Å²) in [6.45, 7) is 5.01. The normalized spacial score (nSPS) is 17.6. The summed E-state index contributed by atoms with van der Waals surface area (Å²) in [7, 11) is 1.67. The number of methoxy groups -OCH3 is 1. The van der Waals surface area contributed by atoms with E-state index in [1.807, 2.05) is 28.8 Å². The number of amides is 1. The Balaban J connectivity index is 1.75. The summed E-state index contributed by atoms with van der Waals surface area (Å²) in [6, 6.07) is 14.7. The van der Waals surface area contributed by atoms with Crippen molar-refractivity contribution >= 4 is 17.7 Å². The molecule has 1 saturated heterocycles. The highest BCUT2D eigenvalue weighted by Crippen LogP contribution is 2.38. The Morgan fingerprint density at radius 3 is 2.56 bits per heavy atom. The van der Waals surface area contributed by atoms with E-state index >= 15 is 0 Å². The van der Waals surface area contributed by atoms with Crippen LogP contribution in [0.3, 0.4) is 0 Å². The molecule has 1 aliphatic rings. The number of hydrogen-bond donors (Lipinski definition) is 0. The molecule has 0 saturated carbocycles. The average molecular weight is 356 g/mol. The van der Waals surface area contributed by atoms with Crippen LogP contribution in [0.25, 0.3) is 0 Å². The predicted molar refractivity (Wildman–Crippen MR) is 104 cm³/mol. The summed E-state index contributed by atoms with van der Waals surface area (Å²) in [5, 5.41) is 0.124. The number of aryl methyl sites for hydroxylation is 2. The first-order valence-electron chi connectivity index (χ1n) is 8.69. The summed E-state index contributed by atoms with van der Waals surface area (Å²) >= 11 is 1.87. The maximum Gasteiger partial charge on any atom is 0.224 e. The first kappa shape index (κ1) is 17.9. The van der Waals surface area contributed by atoms with Gasteiger partial charge < -0.3 is 9.64 Å². The molecule has 1 fully saturated rings. The lowest BCUT2D eigenvalue weighted by Gasteiger charge is -2.35. The van der Waals surface area contributed by atoms with Gasteiger partial charge in [0, 0.05) is 18.7 Å². The van der Waals surface area contributed by atoms with Gasteiger partial charge in [-0.1, -0.05) is 30.3 Å². The minimum atomic E-state index is 0.124. The van der Waals surface area contributed by atoms with E-state index in [4.69, 9.17) is 4.74 Å². The van der Waals surface area contributed by atoms with Crippen molar-refractivity contribution in [3.05, 3.63) is 64.7 Å². The molecule has 2 aromatic rings. The van der Waals surface area contributed by atoms with E-state index in [0.29, 0.717) is 6.42 Å². The molecule has 132 valence electrons.